The number of hydrogen-bond donors (Lipinski definition) is 0. The molecule has 9 nitrogen and oxygen atoms in total. The van der Waals surface area contributed by atoms with Crippen molar-refractivity contribution in [3.05, 3.63) is 71.8 Å². The summed E-state index contributed by atoms with van der Waals surface area (Å²) in [5, 5.41) is 0. The van der Waals surface area contributed by atoms with Gasteiger partial charge in [-0.3, -0.25) is 9.59 Å². The molecule has 3 aromatic rings. The molecule has 0 aromatic heterocycles. The van der Waals surface area contributed by atoms with E-state index in [4.69, 9.17) is 18.9 Å². The van der Waals surface area contributed by atoms with Crippen LogP contribution in [-0.4, -0.2) is 63.8 Å². The molecule has 0 fully saturated rings. The van der Waals surface area contributed by atoms with Gasteiger partial charge in [0.05, 0.1) is 31.3 Å². The van der Waals surface area contributed by atoms with Crippen molar-refractivity contribution in [3.8, 4) is 22.6 Å². The van der Waals surface area contributed by atoms with Crippen LogP contribution in [0.1, 0.15) is 69.9 Å². The third kappa shape index (κ3) is 13.2. The Morgan fingerprint density at radius 3 is 2.08 bits per heavy atom. The van der Waals surface area contributed by atoms with Gasteiger partial charge in [0.15, 0.2) is 14.7 Å². The summed E-state index contributed by atoms with van der Waals surface area (Å²) in [6.45, 7) is 5.08. The Hall–Kier alpha value is -3.54. The summed E-state index contributed by atoms with van der Waals surface area (Å²) in [5.41, 5.74) is 3.64. The third-order valence-electron chi connectivity index (χ3n) is 7.64. The number of hydrogen-bond acceptors (Lipinski definition) is 9. The summed E-state index contributed by atoms with van der Waals surface area (Å²) < 4.78 is 58.8. The van der Waals surface area contributed by atoms with Crippen molar-refractivity contribution in [1.29, 1.82) is 0 Å². The quantitative estimate of drug-likeness (QED) is 0.0663. The minimum Gasteiger partial charge on any atom is -0.612 e. The highest BCUT2D eigenvalue weighted by Crippen LogP contribution is 2.30. The number of aryl methyl sites for hydroxylation is 1. The molecule has 48 heavy (non-hydrogen) atoms. The zero-order valence-corrected chi connectivity index (χ0v) is 30.1. The van der Waals surface area contributed by atoms with Gasteiger partial charge >= 0.3 is 11.9 Å². The van der Waals surface area contributed by atoms with Crippen LogP contribution in [0, 0.1) is 0 Å². The van der Waals surface area contributed by atoms with Crippen molar-refractivity contribution in [2.75, 3.05) is 38.9 Å². The number of benzene rings is 3. The van der Waals surface area contributed by atoms with E-state index in [2.05, 4.69) is 6.07 Å². The van der Waals surface area contributed by atoms with Gasteiger partial charge in [0, 0.05) is 19.1 Å². The van der Waals surface area contributed by atoms with Gasteiger partial charge in [0.2, 0.25) is 0 Å². The lowest BCUT2D eigenvalue weighted by molar-refractivity contribution is -0.144. The van der Waals surface area contributed by atoms with Crippen LogP contribution >= 0.6 is 0 Å². The summed E-state index contributed by atoms with van der Waals surface area (Å²) in [5.74, 6) is 0.720. The molecular weight excluding hydrogens is 653 g/mol. The number of esters is 2. The molecule has 3 rings (SSSR count). The lowest BCUT2D eigenvalue weighted by atomic mass is 9.96. The average molecular weight is 701 g/mol. The van der Waals surface area contributed by atoms with Gasteiger partial charge in [0.1, 0.15) is 17.8 Å². The molecular formula is C37H48O9S2. The Morgan fingerprint density at radius 2 is 1.42 bits per heavy atom. The Bertz CT molecular complexity index is 1570. The van der Waals surface area contributed by atoms with Gasteiger partial charge in [0.25, 0.3) is 0 Å². The van der Waals surface area contributed by atoms with E-state index in [9.17, 15) is 22.6 Å². The van der Waals surface area contributed by atoms with Crippen LogP contribution in [-0.2, 0) is 52.9 Å². The number of rotatable bonds is 21. The predicted octanol–water partition coefficient (Wildman–Crippen LogP) is 6.89. The summed E-state index contributed by atoms with van der Waals surface area (Å²) in [6.07, 6.45) is 8.83. The topological polar surface area (TPSA) is 128 Å². The van der Waals surface area contributed by atoms with E-state index in [-0.39, 0.29) is 29.7 Å². The minimum atomic E-state index is -3.46. The molecule has 11 heteroatoms. The van der Waals surface area contributed by atoms with E-state index in [1.165, 1.54) is 6.26 Å². The first-order chi connectivity index (χ1) is 23.0. The van der Waals surface area contributed by atoms with E-state index in [1.54, 1.807) is 44.4 Å². The maximum atomic E-state index is 12.4. The molecule has 1 atom stereocenters. The summed E-state index contributed by atoms with van der Waals surface area (Å²) in [7, 11) is -3.46. The monoisotopic (exact) mass is 700 g/mol. The van der Waals surface area contributed by atoms with E-state index in [0.717, 1.165) is 54.5 Å². The van der Waals surface area contributed by atoms with E-state index < -0.39 is 21.0 Å². The van der Waals surface area contributed by atoms with E-state index in [0.29, 0.717) is 55.5 Å². The van der Waals surface area contributed by atoms with Crippen molar-refractivity contribution in [2.45, 2.75) is 81.4 Å². The number of carbonyl (C=O) groups excluding carboxylic acids is 2. The van der Waals surface area contributed by atoms with Gasteiger partial charge in [-0.2, -0.15) is 0 Å². The molecule has 0 spiro atoms. The van der Waals surface area contributed by atoms with Gasteiger partial charge in [-0.15, -0.1) is 0 Å². The number of unbranched alkanes of at least 4 members (excludes halogenated alkanes) is 3. The van der Waals surface area contributed by atoms with Crippen molar-refractivity contribution in [3.63, 3.8) is 0 Å². The fourth-order valence-electron chi connectivity index (χ4n) is 5.19. The smallest absolute Gasteiger partial charge is 0.306 e. The normalized spacial score (nSPS) is 11.9. The molecule has 0 aliphatic rings. The molecule has 0 saturated carbocycles. The van der Waals surface area contributed by atoms with Crippen LogP contribution in [0.3, 0.4) is 0 Å². The first kappa shape index (κ1) is 38.9. The Balaban J connectivity index is 1.55. The standard InChI is InChI=1S/C37H48O9S2/c1-5-43-36(38)16-12-24-46-35-15-11-14-29(34(35)21-22-37(39)44-6-2)13-9-7-8-10-23-45-31-25-30(26-33(27-31)48(4,41)42)28-17-19-32(20-18-28)47(3)40/h11,14-15,17-20,25-27H,5-10,12-13,16,21-24H2,1-4H3. The van der Waals surface area contributed by atoms with E-state index in [1.807, 2.05) is 30.3 Å². The molecule has 0 amide bonds. The first-order valence-electron chi connectivity index (χ1n) is 16.5. The van der Waals surface area contributed by atoms with Gasteiger partial charge in [-0.25, -0.2) is 8.42 Å². The molecule has 262 valence electrons. The van der Waals surface area contributed by atoms with Crippen LogP contribution < -0.4 is 9.47 Å². The minimum absolute atomic E-state index is 0.183. The highest BCUT2D eigenvalue weighted by atomic mass is 32.2. The van der Waals surface area contributed by atoms with Crippen molar-refractivity contribution >= 4 is 33.0 Å². The summed E-state index contributed by atoms with van der Waals surface area (Å²) >= 11 is -1.10. The lowest BCUT2D eigenvalue weighted by Crippen LogP contribution is -2.10. The van der Waals surface area contributed by atoms with Crippen LogP contribution in [0.15, 0.2) is 70.5 Å². The highest BCUT2D eigenvalue weighted by Gasteiger charge is 2.15. The third-order valence-corrected chi connectivity index (χ3v) is 9.67. The SMILES string of the molecule is CCOC(=O)CCCOc1cccc(CCCCCCOc2cc(-c3ccc([S+](C)[O-])cc3)cc(S(C)(=O)=O)c2)c1CCC(=O)OCC. The second-order valence-corrected chi connectivity index (χ2v) is 14.8. The Kier molecular flexibility index (Phi) is 16.3. The number of ether oxygens (including phenoxy) is 4. The number of sulfone groups is 1. The molecule has 0 aliphatic heterocycles. The van der Waals surface area contributed by atoms with Crippen LogP contribution in [0.25, 0.3) is 11.1 Å². The zero-order valence-electron chi connectivity index (χ0n) is 28.5. The molecule has 0 radical (unpaired) electrons. The second-order valence-electron chi connectivity index (χ2n) is 11.4. The zero-order chi connectivity index (χ0) is 34.9. The lowest BCUT2D eigenvalue weighted by Gasteiger charge is -2.16. The fourth-order valence-corrected chi connectivity index (χ4v) is 6.38. The van der Waals surface area contributed by atoms with Crippen LogP contribution in [0.2, 0.25) is 0 Å². The van der Waals surface area contributed by atoms with Gasteiger partial charge in [-0.1, -0.05) is 25.0 Å². The molecule has 0 aliphatic carbocycles. The van der Waals surface area contributed by atoms with Crippen molar-refractivity contribution in [2.24, 2.45) is 0 Å². The molecule has 0 bridgehead atoms. The van der Waals surface area contributed by atoms with Crippen LogP contribution in [0.5, 0.6) is 11.5 Å². The molecule has 3 aromatic carbocycles. The Labute approximate surface area is 288 Å². The predicted molar refractivity (Wildman–Crippen MR) is 188 cm³/mol. The largest absolute Gasteiger partial charge is 0.612 e. The molecule has 0 heterocycles. The highest BCUT2D eigenvalue weighted by molar-refractivity contribution is 7.91. The van der Waals surface area contributed by atoms with Crippen molar-refractivity contribution in [1.82, 2.24) is 0 Å². The van der Waals surface area contributed by atoms with Gasteiger partial charge < -0.3 is 23.5 Å². The molecule has 0 N–H and O–H groups in total. The second kappa shape index (κ2) is 20.1. The fraction of sp³-hybridized carbons (Fsp3) is 0.459. The van der Waals surface area contributed by atoms with E-state index >= 15 is 0 Å². The summed E-state index contributed by atoms with van der Waals surface area (Å²) in [6, 6.07) is 18.2. The maximum Gasteiger partial charge on any atom is 0.306 e. The first-order valence-corrected chi connectivity index (χ1v) is 19.9. The van der Waals surface area contributed by atoms with Crippen LogP contribution in [0.4, 0.5) is 0 Å². The average Bonchev–Trinajstić information content (AvgIpc) is 3.05. The number of carbonyl (C=O) groups is 2. The molecule has 1 unspecified atom stereocenters. The van der Waals surface area contributed by atoms with Gasteiger partial charge in [-0.05, 0) is 128 Å². The maximum absolute atomic E-state index is 12.4. The molecule has 0 saturated heterocycles. The Morgan fingerprint density at radius 1 is 0.750 bits per heavy atom. The summed E-state index contributed by atoms with van der Waals surface area (Å²) in [4.78, 5) is 24.7. The van der Waals surface area contributed by atoms with Crippen molar-refractivity contribution < 1.29 is 41.5 Å².